The van der Waals surface area contributed by atoms with Gasteiger partial charge in [-0.05, 0) is 43.7 Å². The minimum atomic E-state index is -0.197. The van der Waals surface area contributed by atoms with E-state index in [-0.39, 0.29) is 11.2 Å². The van der Waals surface area contributed by atoms with Crippen LogP contribution < -0.4 is 10.1 Å². The molecule has 2 aromatic carbocycles. The fraction of sp³-hybridized carbons (Fsp3) is 0.375. The highest BCUT2D eigenvalue weighted by Crippen LogP contribution is 2.31. The second-order valence-electron chi connectivity index (χ2n) is 7.80. The summed E-state index contributed by atoms with van der Waals surface area (Å²) in [5, 5.41) is 12.2. The number of rotatable bonds is 9. The lowest BCUT2D eigenvalue weighted by Gasteiger charge is -2.35. The van der Waals surface area contributed by atoms with Crippen LogP contribution in [-0.4, -0.2) is 63.9 Å². The highest BCUT2D eigenvalue weighted by molar-refractivity contribution is 8.02. The van der Waals surface area contributed by atoms with Gasteiger partial charge in [0, 0.05) is 38.4 Å². The van der Waals surface area contributed by atoms with Crippen LogP contribution in [-0.2, 0) is 11.3 Å². The normalized spacial score (nSPS) is 15.3. The van der Waals surface area contributed by atoms with Crippen molar-refractivity contribution in [2.24, 2.45) is 0 Å². The van der Waals surface area contributed by atoms with Crippen molar-refractivity contribution in [3.63, 3.8) is 0 Å². The van der Waals surface area contributed by atoms with E-state index >= 15 is 0 Å². The van der Waals surface area contributed by atoms with E-state index in [0.29, 0.717) is 11.7 Å². The topological polar surface area (TPSA) is 70.6 Å². The highest BCUT2D eigenvalue weighted by Gasteiger charge is 2.26. The summed E-state index contributed by atoms with van der Waals surface area (Å²) in [6.07, 6.45) is 0. The SMILES string of the molecule is CCOc1ccc(Nc2nnc(SC(C)C(=O)N3CCN(Cc4ccccc4)CC3)s2)cc1. The molecule has 3 aromatic rings. The zero-order valence-electron chi connectivity index (χ0n) is 18.9. The number of ether oxygens (including phenoxy) is 1. The minimum Gasteiger partial charge on any atom is -0.494 e. The number of hydrogen-bond donors (Lipinski definition) is 1. The molecule has 0 radical (unpaired) electrons. The van der Waals surface area contributed by atoms with Gasteiger partial charge in [0.2, 0.25) is 11.0 Å². The summed E-state index contributed by atoms with van der Waals surface area (Å²) in [6.45, 7) is 8.80. The van der Waals surface area contributed by atoms with E-state index in [9.17, 15) is 4.79 Å². The molecule has 33 heavy (non-hydrogen) atoms. The number of thioether (sulfide) groups is 1. The molecular weight excluding hydrogens is 454 g/mol. The highest BCUT2D eigenvalue weighted by atomic mass is 32.2. The zero-order chi connectivity index (χ0) is 23.0. The smallest absolute Gasteiger partial charge is 0.235 e. The molecule has 7 nitrogen and oxygen atoms in total. The molecule has 1 N–H and O–H groups in total. The molecule has 1 saturated heterocycles. The molecule has 2 heterocycles. The fourth-order valence-electron chi connectivity index (χ4n) is 3.66. The van der Waals surface area contributed by atoms with Crippen LogP contribution in [0.2, 0.25) is 0 Å². The molecule has 0 saturated carbocycles. The van der Waals surface area contributed by atoms with E-state index in [2.05, 4.69) is 44.7 Å². The van der Waals surface area contributed by atoms with E-state index in [0.717, 1.165) is 48.5 Å². The summed E-state index contributed by atoms with van der Waals surface area (Å²) in [5.41, 5.74) is 2.23. The maximum absolute atomic E-state index is 13.0. The molecule has 174 valence electrons. The standard InChI is InChI=1S/C24H29N5O2S2/c1-3-31-21-11-9-20(10-12-21)25-23-26-27-24(33-23)32-18(2)22(30)29-15-13-28(14-16-29)17-19-7-5-4-6-8-19/h4-12,18H,3,13-17H2,1-2H3,(H,25,26). The van der Waals surface area contributed by atoms with Gasteiger partial charge in [0.25, 0.3) is 0 Å². The number of anilines is 2. The van der Waals surface area contributed by atoms with Crippen LogP contribution in [0.15, 0.2) is 58.9 Å². The molecule has 1 fully saturated rings. The van der Waals surface area contributed by atoms with Gasteiger partial charge >= 0.3 is 0 Å². The van der Waals surface area contributed by atoms with Gasteiger partial charge < -0.3 is 15.0 Å². The Bertz CT molecular complexity index is 1020. The van der Waals surface area contributed by atoms with E-state index in [4.69, 9.17) is 4.74 Å². The molecule has 1 atom stereocenters. The monoisotopic (exact) mass is 483 g/mol. The first-order chi connectivity index (χ1) is 16.1. The lowest BCUT2D eigenvalue weighted by Crippen LogP contribution is -2.50. The molecule has 1 unspecified atom stereocenters. The lowest BCUT2D eigenvalue weighted by atomic mass is 10.2. The van der Waals surface area contributed by atoms with E-state index < -0.39 is 0 Å². The van der Waals surface area contributed by atoms with Crippen molar-refractivity contribution in [3.8, 4) is 5.75 Å². The van der Waals surface area contributed by atoms with Crippen LogP contribution in [0.1, 0.15) is 19.4 Å². The summed E-state index contributed by atoms with van der Waals surface area (Å²) < 4.78 is 6.25. The van der Waals surface area contributed by atoms with Crippen LogP contribution in [0.5, 0.6) is 5.75 Å². The minimum absolute atomic E-state index is 0.163. The number of piperazine rings is 1. The number of nitrogens with one attached hydrogen (secondary N) is 1. The van der Waals surface area contributed by atoms with Crippen LogP contribution in [0.25, 0.3) is 0 Å². The Labute approximate surface area is 203 Å². The Hall–Kier alpha value is -2.62. The maximum atomic E-state index is 13.0. The first-order valence-electron chi connectivity index (χ1n) is 11.2. The van der Waals surface area contributed by atoms with E-state index in [1.807, 2.05) is 49.1 Å². The van der Waals surface area contributed by atoms with Gasteiger partial charge in [0.1, 0.15) is 5.75 Å². The first kappa shape index (κ1) is 23.5. The third kappa shape index (κ3) is 6.69. The van der Waals surface area contributed by atoms with E-state index in [1.54, 1.807) is 0 Å². The number of carbonyl (C=O) groups is 1. The Morgan fingerprint density at radius 3 is 2.52 bits per heavy atom. The molecule has 0 spiro atoms. The van der Waals surface area contributed by atoms with Gasteiger partial charge in [-0.1, -0.05) is 53.4 Å². The molecule has 1 aliphatic heterocycles. The molecule has 1 aliphatic rings. The summed E-state index contributed by atoms with van der Waals surface area (Å²) in [6, 6.07) is 18.2. The van der Waals surface area contributed by atoms with Gasteiger partial charge in [-0.3, -0.25) is 9.69 Å². The van der Waals surface area contributed by atoms with Crippen molar-refractivity contribution in [3.05, 3.63) is 60.2 Å². The van der Waals surface area contributed by atoms with Crippen molar-refractivity contribution in [1.82, 2.24) is 20.0 Å². The largest absolute Gasteiger partial charge is 0.494 e. The van der Waals surface area contributed by atoms with Crippen LogP contribution in [0.4, 0.5) is 10.8 Å². The van der Waals surface area contributed by atoms with Crippen LogP contribution in [0, 0.1) is 0 Å². The van der Waals surface area contributed by atoms with Crippen LogP contribution >= 0.6 is 23.1 Å². The summed E-state index contributed by atoms with van der Waals surface area (Å²) >= 11 is 2.92. The number of benzene rings is 2. The lowest BCUT2D eigenvalue weighted by molar-refractivity contribution is -0.132. The molecule has 1 amide bonds. The van der Waals surface area contributed by atoms with Crippen molar-refractivity contribution in [1.29, 1.82) is 0 Å². The zero-order valence-corrected chi connectivity index (χ0v) is 20.6. The van der Waals surface area contributed by atoms with Gasteiger partial charge in [-0.2, -0.15) is 0 Å². The van der Waals surface area contributed by atoms with E-state index in [1.165, 1.54) is 28.7 Å². The maximum Gasteiger partial charge on any atom is 0.235 e. The van der Waals surface area contributed by atoms with Crippen LogP contribution in [0.3, 0.4) is 0 Å². The summed E-state index contributed by atoms with van der Waals surface area (Å²) in [7, 11) is 0. The molecule has 0 bridgehead atoms. The summed E-state index contributed by atoms with van der Waals surface area (Å²) in [5.74, 6) is 1.00. The quantitative estimate of drug-likeness (QED) is 0.449. The molecule has 4 rings (SSSR count). The Morgan fingerprint density at radius 2 is 1.82 bits per heavy atom. The average molecular weight is 484 g/mol. The Balaban J connectivity index is 1.24. The van der Waals surface area contributed by atoms with Gasteiger partial charge in [0.05, 0.1) is 11.9 Å². The van der Waals surface area contributed by atoms with Crippen molar-refractivity contribution < 1.29 is 9.53 Å². The number of nitrogens with zero attached hydrogens (tertiary/aromatic N) is 4. The average Bonchev–Trinajstić information content (AvgIpc) is 3.28. The summed E-state index contributed by atoms with van der Waals surface area (Å²) in [4.78, 5) is 17.3. The predicted molar refractivity (Wildman–Crippen MR) is 134 cm³/mol. The molecule has 0 aliphatic carbocycles. The second kappa shape index (κ2) is 11.5. The number of hydrogen-bond acceptors (Lipinski definition) is 8. The fourth-order valence-corrected chi connectivity index (χ4v) is 5.66. The second-order valence-corrected chi connectivity index (χ2v) is 10.4. The van der Waals surface area contributed by atoms with Crippen molar-refractivity contribution >= 4 is 39.8 Å². The van der Waals surface area contributed by atoms with Gasteiger partial charge in [-0.15, -0.1) is 10.2 Å². The third-order valence-electron chi connectivity index (χ3n) is 5.38. The molecular formula is C24H29N5O2S2. The van der Waals surface area contributed by atoms with Crippen molar-refractivity contribution in [2.75, 3.05) is 38.1 Å². The number of carbonyl (C=O) groups excluding carboxylic acids is 1. The third-order valence-corrected chi connectivity index (χ3v) is 7.39. The predicted octanol–water partition coefficient (Wildman–Crippen LogP) is 4.51. The Kier molecular flexibility index (Phi) is 8.20. The van der Waals surface area contributed by atoms with Gasteiger partial charge in [-0.25, -0.2) is 0 Å². The number of amides is 1. The first-order valence-corrected chi connectivity index (χ1v) is 12.9. The van der Waals surface area contributed by atoms with Crippen molar-refractivity contribution in [2.45, 2.75) is 30.0 Å². The van der Waals surface area contributed by atoms with Gasteiger partial charge in [0.15, 0.2) is 4.34 Å². The Morgan fingerprint density at radius 1 is 1.09 bits per heavy atom. The molecule has 1 aromatic heterocycles. The number of aromatic nitrogens is 2. The molecule has 9 heteroatoms.